The molecule has 0 aliphatic carbocycles. The second kappa shape index (κ2) is 6.08. The fraction of sp³-hybridized carbons (Fsp3) is 0.385. The lowest BCUT2D eigenvalue weighted by Crippen LogP contribution is -2.26. The zero-order chi connectivity index (χ0) is 13.7. The van der Waals surface area contributed by atoms with Crippen molar-refractivity contribution in [1.82, 2.24) is 25.1 Å². The quantitative estimate of drug-likeness (QED) is 0.816. The highest BCUT2D eigenvalue weighted by atomic mass is 16.1. The lowest BCUT2D eigenvalue weighted by atomic mass is 10.3. The van der Waals surface area contributed by atoms with E-state index in [2.05, 4.69) is 20.4 Å². The van der Waals surface area contributed by atoms with Gasteiger partial charge in [-0.15, -0.1) is 0 Å². The molecule has 0 aliphatic heterocycles. The lowest BCUT2D eigenvalue weighted by molar-refractivity contribution is 0.0947. The molecule has 2 aromatic heterocycles. The third-order valence-corrected chi connectivity index (χ3v) is 2.61. The minimum atomic E-state index is -0.158. The molecule has 2 rings (SSSR count). The van der Waals surface area contributed by atoms with E-state index < -0.39 is 0 Å². The smallest absolute Gasteiger partial charge is 0.270 e. The summed E-state index contributed by atoms with van der Waals surface area (Å²) in [6.07, 6.45) is 4.47. The molecule has 19 heavy (non-hydrogen) atoms. The molecule has 0 fully saturated rings. The molecule has 0 aliphatic rings. The molecule has 0 aromatic carbocycles. The van der Waals surface area contributed by atoms with Crippen molar-refractivity contribution >= 4 is 5.91 Å². The molecule has 1 N–H and O–H groups in total. The van der Waals surface area contributed by atoms with Gasteiger partial charge in [-0.05, 0) is 32.4 Å². The maximum Gasteiger partial charge on any atom is 0.270 e. The van der Waals surface area contributed by atoms with Crippen LogP contribution in [0.25, 0.3) is 0 Å². The molecule has 6 heteroatoms. The van der Waals surface area contributed by atoms with Crippen molar-refractivity contribution in [1.29, 1.82) is 0 Å². The van der Waals surface area contributed by atoms with Gasteiger partial charge in [-0.1, -0.05) is 0 Å². The molecule has 6 nitrogen and oxygen atoms in total. The van der Waals surface area contributed by atoms with Gasteiger partial charge in [0.15, 0.2) is 0 Å². The molecule has 0 saturated carbocycles. The van der Waals surface area contributed by atoms with Gasteiger partial charge in [0.2, 0.25) is 0 Å². The zero-order valence-corrected chi connectivity index (χ0v) is 11.1. The SMILES string of the molecule is Cc1cc(C(=O)NCCCn2cccn2)nc(C)n1. The number of nitrogens with zero attached hydrogens (tertiary/aromatic N) is 4. The van der Waals surface area contributed by atoms with E-state index in [9.17, 15) is 4.79 Å². The minimum Gasteiger partial charge on any atom is -0.351 e. The van der Waals surface area contributed by atoms with Gasteiger partial charge in [0.1, 0.15) is 11.5 Å². The van der Waals surface area contributed by atoms with Crippen molar-refractivity contribution in [3.8, 4) is 0 Å². The Morgan fingerprint density at radius 2 is 2.21 bits per heavy atom. The van der Waals surface area contributed by atoms with E-state index in [0.29, 0.717) is 18.1 Å². The van der Waals surface area contributed by atoms with E-state index in [4.69, 9.17) is 0 Å². The van der Waals surface area contributed by atoms with Gasteiger partial charge in [-0.3, -0.25) is 9.48 Å². The van der Waals surface area contributed by atoms with Crippen LogP contribution in [-0.2, 0) is 6.54 Å². The van der Waals surface area contributed by atoms with Crippen LogP contribution in [0.1, 0.15) is 28.4 Å². The third-order valence-electron chi connectivity index (χ3n) is 2.61. The average molecular weight is 259 g/mol. The van der Waals surface area contributed by atoms with Crippen molar-refractivity contribution in [3.05, 3.63) is 41.7 Å². The predicted octanol–water partition coefficient (Wildman–Crippen LogP) is 1.11. The van der Waals surface area contributed by atoms with Gasteiger partial charge in [-0.25, -0.2) is 9.97 Å². The van der Waals surface area contributed by atoms with E-state index in [1.54, 1.807) is 19.2 Å². The first-order chi connectivity index (χ1) is 9.15. The fourth-order valence-corrected chi connectivity index (χ4v) is 1.80. The van der Waals surface area contributed by atoms with E-state index >= 15 is 0 Å². The highest BCUT2D eigenvalue weighted by molar-refractivity contribution is 5.92. The van der Waals surface area contributed by atoms with Gasteiger partial charge in [0.05, 0.1) is 0 Å². The lowest BCUT2D eigenvalue weighted by Gasteiger charge is -2.06. The topological polar surface area (TPSA) is 72.7 Å². The molecule has 2 aromatic rings. The molecule has 0 atom stereocenters. The van der Waals surface area contributed by atoms with Crippen LogP contribution in [0, 0.1) is 13.8 Å². The van der Waals surface area contributed by atoms with E-state index in [-0.39, 0.29) is 5.91 Å². The predicted molar refractivity (Wildman–Crippen MR) is 70.7 cm³/mol. The summed E-state index contributed by atoms with van der Waals surface area (Å²) in [7, 11) is 0. The average Bonchev–Trinajstić information content (AvgIpc) is 2.86. The van der Waals surface area contributed by atoms with Gasteiger partial charge in [-0.2, -0.15) is 5.10 Å². The second-order valence-corrected chi connectivity index (χ2v) is 4.32. The molecule has 0 unspecified atom stereocenters. The van der Waals surface area contributed by atoms with Crippen molar-refractivity contribution in [3.63, 3.8) is 0 Å². The largest absolute Gasteiger partial charge is 0.351 e. The third kappa shape index (κ3) is 3.87. The monoisotopic (exact) mass is 259 g/mol. The Labute approximate surface area is 111 Å². The molecule has 0 radical (unpaired) electrons. The number of aryl methyl sites for hydroxylation is 3. The van der Waals surface area contributed by atoms with Crippen molar-refractivity contribution in [2.75, 3.05) is 6.54 Å². The van der Waals surface area contributed by atoms with Crippen LogP contribution in [0.4, 0.5) is 0 Å². The molecule has 0 bridgehead atoms. The summed E-state index contributed by atoms with van der Waals surface area (Å²) in [6.45, 7) is 5.01. The van der Waals surface area contributed by atoms with Crippen LogP contribution in [0.15, 0.2) is 24.5 Å². The molecular formula is C13H17N5O. The summed E-state index contributed by atoms with van der Waals surface area (Å²) >= 11 is 0. The number of amides is 1. The normalized spacial score (nSPS) is 10.4. The molecule has 2 heterocycles. The second-order valence-electron chi connectivity index (χ2n) is 4.32. The molecule has 0 saturated heterocycles. The van der Waals surface area contributed by atoms with Gasteiger partial charge >= 0.3 is 0 Å². The standard InChI is InChI=1S/C13H17N5O/c1-10-9-12(17-11(2)16-10)13(19)14-5-3-7-18-8-4-6-15-18/h4,6,8-9H,3,5,7H2,1-2H3,(H,14,19). The molecular weight excluding hydrogens is 242 g/mol. The Morgan fingerprint density at radius 3 is 2.89 bits per heavy atom. The first-order valence-electron chi connectivity index (χ1n) is 6.23. The molecule has 1 amide bonds. The Balaban J connectivity index is 1.80. The summed E-state index contributed by atoms with van der Waals surface area (Å²) in [6, 6.07) is 3.57. The summed E-state index contributed by atoms with van der Waals surface area (Å²) in [4.78, 5) is 20.2. The maximum atomic E-state index is 11.9. The highest BCUT2D eigenvalue weighted by Crippen LogP contribution is 2.00. The summed E-state index contributed by atoms with van der Waals surface area (Å²) in [5.74, 6) is 0.454. The number of hydrogen-bond donors (Lipinski definition) is 1. The van der Waals surface area contributed by atoms with Crippen LogP contribution < -0.4 is 5.32 Å². The Morgan fingerprint density at radius 1 is 1.37 bits per heavy atom. The van der Waals surface area contributed by atoms with Crippen LogP contribution >= 0.6 is 0 Å². The van der Waals surface area contributed by atoms with Gasteiger partial charge in [0.25, 0.3) is 5.91 Å². The number of carbonyl (C=O) groups is 1. The molecule has 0 spiro atoms. The maximum absolute atomic E-state index is 11.9. The van der Waals surface area contributed by atoms with Crippen LogP contribution in [0.3, 0.4) is 0 Å². The first-order valence-corrected chi connectivity index (χ1v) is 6.23. The summed E-state index contributed by atoms with van der Waals surface area (Å²) < 4.78 is 1.84. The van der Waals surface area contributed by atoms with Crippen LogP contribution in [0.2, 0.25) is 0 Å². The van der Waals surface area contributed by atoms with E-state index in [1.807, 2.05) is 23.9 Å². The Kier molecular flexibility index (Phi) is 4.22. The first kappa shape index (κ1) is 13.2. The minimum absolute atomic E-state index is 0.158. The van der Waals surface area contributed by atoms with E-state index in [0.717, 1.165) is 18.7 Å². The summed E-state index contributed by atoms with van der Waals surface area (Å²) in [5.41, 5.74) is 1.22. The number of rotatable bonds is 5. The van der Waals surface area contributed by atoms with Crippen LogP contribution in [-0.4, -0.2) is 32.2 Å². The Bertz CT molecular complexity index is 530. The van der Waals surface area contributed by atoms with Crippen LogP contribution in [0.5, 0.6) is 0 Å². The van der Waals surface area contributed by atoms with Crippen molar-refractivity contribution in [2.45, 2.75) is 26.8 Å². The number of hydrogen-bond acceptors (Lipinski definition) is 4. The van der Waals surface area contributed by atoms with E-state index in [1.165, 1.54) is 0 Å². The Hall–Kier alpha value is -2.24. The number of carbonyl (C=O) groups excluding carboxylic acids is 1. The fourth-order valence-electron chi connectivity index (χ4n) is 1.80. The molecule has 100 valence electrons. The highest BCUT2D eigenvalue weighted by Gasteiger charge is 2.08. The zero-order valence-electron chi connectivity index (χ0n) is 11.1. The number of aromatic nitrogens is 4. The van der Waals surface area contributed by atoms with Gasteiger partial charge < -0.3 is 5.32 Å². The van der Waals surface area contributed by atoms with Gasteiger partial charge in [0, 0.05) is 31.2 Å². The van der Waals surface area contributed by atoms with Crippen molar-refractivity contribution < 1.29 is 4.79 Å². The van der Waals surface area contributed by atoms with Crippen molar-refractivity contribution in [2.24, 2.45) is 0 Å². The number of nitrogens with one attached hydrogen (secondary N) is 1. The summed E-state index contributed by atoms with van der Waals surface area (Å²) in [5, 5.41) is 6.94.